The Morgan fingerprint density at radius 2 is 1.29 bits per heavy atom. The molecule has 5 aromatic rings. The van der Waals surface area contributed by atoms with Crippen LogP contribution in [0, 0.1) is 6.92 Å². The third kappa shape index (κ3) is 1.75. The first-order valence-corrected chi connectivity index (χ1v) is 8.25. The second kappa shape index (κ2) is 4.72. The Labute approximate surface area is 140 Å². The van der Waals surface area contributed by atoms with Gasteiger partial charge >= 0.3 is 0 Å². The number of aryl methyl sites for hydroxylation is 1. The van der Waals surface area contributed by atoms with E-state index >= 15 is 0 Å². The van der Waals surface area contributed by atoms with Gasteiger partial charge in [-0.3, -0.25) is 0 Å². The lowest BCUT2D eigenvalue weighted by molar-refractivity contribution is 1.47. The highest BCUT2D eigenvalue weighted by molar-refractivity contribution is 6.25. The van der Waals surface area contributed by atoms with E-state index in [9.17, 15) is 0 Å². The number of nitrogens with two attached hydrogens (primary N) is 1. The Bertz CT molecular complexity index is 1200. The molecule has 0 aromatic heterocycles. The van der Waals surface area contributed by atoms with Gasteiger partial charge in [0.15, 0.2) is 0 Å². The minimum atomic E-state index is 0.829. The molecule has 1 heteroatoms. The fraction of sp³-hybridized carbons (Fsp3) is 0.0435. The van der Waals surface area contributed by atoms with Crippen LogP contribution >= 0.6 is 0 Å². The maximum Gasteiger partial charge on any atom is 0.0394 e. The summed E-state index contributed by atoms with van der Waals surface area (Å²) in [6, 6.07) is 26.1. The summed E-state index contributed by atoms with van der Waals surface area (Å²) in [5.41, 5.74) is 10.7. The van der Waals surface area contributed by atoms with Crippen molar-refractivity contribution in [2.24, 2.45) is 0 Å². The van der Waals surface area contributed by atoms with Crippen molar-refractivity contribution in [1.82, 2.24) is 0 Å². The minimum Gasteiger partial charge on any atom is -0.398 e. The van der Waals surface area contributed by atoms with E-state index in [0.717, 1.165) is 11.3 Å². The van der Waals surface area contributed by atoms with E-state index in [1.54, 1.807) is 0 Å². The van der Waals surface area contributed by atoms with Crippen LogP contribution < -0.4 is 5.73 Å². The smallest absolute Gasteiger partial charge is 0.0394 e. The first-order chi connectivity index (χ1) is 11.7. The van der Waals surface area contributed by atoms with Crippen LogP contribution in [0.25, 0.3) is 43.4 Å². The fourth-order valence-electron chi connectivity index (χ4n) is 3.87. The van der Waals surface area contributed by atoms with Crippen LogP contribution in [0.3, 0.4) is 0 Å². The number of hydrogen-bond acceptors (Lipinski definition) is 1. The first-order valence-electron chi connectivity index (χ1n) is 8.25. The van der Waals surface area contributed by atoms with E-state index in [4.69, 9.17) is 5.73 Å². The zero-order chi connectivity index (χ0) is 16.3. The number of nitrogen functional groups attached to an aromatic ring is 1. The van der Waals surface area contributed by atoms with Crippen molar-refractivity contribution in [2.75, 3.05) is 5.73 Å². The maximum absolute atomic E-state index is 6.29. The van der Waals surface area contributed by atoms with Crippen LogP contribution in [0.5, 0.6) is 0 Å². The molecule has 0 fully saturated rings. The summed E-state index contributed by atoms with van der Waals surface area (Å²) in [5, 5.41) is 7.82. The van der Waals surface area contributed by atoms with Crippen LogP contribution in [0.15, 0.2) is 72.8 Å². The van der Waals surface area contributed by atoms with Crippen LogP contribution in [-0.2, 0) is 0 Å². The number of anilines is 1. The number of hydrogen-bond donors (Lipinski definition) is 1. The predicted octanol–water partition coefficient (Wildman–Crippen LogP) is 6.14. The number of rotatable bonds is 1. The highest BCUT2D eigenvalue weighted by Gasteiger charge is 2.13. The van der Waals surface area contributed by atoms with Crippen LogP contribution in [0.4, 0.5) is 5.69 Å². The summed E-state index contributed by atoms with van der Waals surface area (Å²) in [4.78, 5) is 0. The largest absolute Gasteiger partial charge is 0.398 e. The van der Waals surface area contributed by atoms with Gasteiger partial charge in [0.25, 0.3) is 0 Å². The third-order valence-corrected chi connectivity index (χ3v) is 5.03. The molecule has 0 amide bonds. The fourth-order valence-corrected chi connectivity index (χ4v) is 3.87. The summed E-state index contributed by atoms with van der Waals surface area (Å²) in [6.07, 6.45) is 0. The van der Waals surface area contributed by atoms with Gasteiger partial charge < -0.3 is 5.73 Å². The van der Waals surface area contributed by atoms with Crippen LogP contribution in [0.1, 0.15) is 5.56 Å². The van der Waals surface area contributed by atoms with E-state index < -0.39 is 0 Å². The Morgan fingerprint density at radius 3 is 2.08 bits per heavy atom. The molecule has 0 bridgehead atoms. The van der Waals surface area contributed by atoms with E-state index in [1.165, 1.54) is 43.4 Å². The molecule has 2 N–H and O–H groups in total. The van der Waals surface area contributed by atoms with Gasteiger partial charge in [0.05, 0.1) is 0 Å². The third-order valence-electron chi connectivity index (χ3n) is 5.03. The molecule has 114 valence electrons. The van der Waals surface area contributed by atoms with Crippen molar-refractivity contribution >= 4 is 38.0 Å². The topological polar surface area (TPSA) is 26.0 Å². The second-order valence-corrected chi connectivity index (χ2v) is 6.56. The molecule has 0 heterocycles. The monoisotopic (exact) mass is 307 g/mol. The summed E-state index contributed by atoms with van der Waals surface area (Å²) < 4.78 is 0. The summed E-state index contributed by atoms with van der Waals surface area (Å²) in [6.45, 7) is 2.11. The van der Waals surface area contributed by atoms with Crippen molar-refractivity contribution in [3.8, 4) is 11.1 Å². The van der Waals surface area contributed by atoms with Crippen LogP contribution in [0.2, 0.25) is 0 Å². The quantitative estimate of drug-likeness (QED) is 0.292. The van der Waals surface area contributed by atoms with Gasteiger partial charge in [-0.05, 0) is 56.9 Å². The lowest BCUT2D eigenvalue weighted by Crippen LogP contribution is -1.92. The Hall–Kier alpha value is -3.06. The predicted molar refractivity (Wildman–Crippen MR) is 105 cm³/mol. The zero-order valence-corrected chi connectivity index (χ0v) is 13.5. The normalized spacial score (nSPS) is 11.7. The number of benzene rings is 5. The highest BCUT2D eigenvalue weighted by atomic mass is 14.6. The summed E-state index contributed by atoms with van der Waals surface area (Å²) in [5.74, 6) is 0. The van der Waals surface area contributed by atoms with Gasteiger partial charge in [-0.15, -0.1) is 0 Å². The molecule has 0 aliphatic rings. The Balaban J connectivity index is 1.99. The van der Waals surface area contributed by atoms with Gasteiger partial charge in [0, 0.05) is 11.3 Å². The van der Waals surface area contributed by atoms with Gasteiger partial charge in [-0.25, -0.2) is 0 Å². The Kier molecular flexibility index (Phi) is 2.63. The van der Waals surface area contributed by atoms with Crippen molar-refractivity contribution < 1.29 is 0 Å². The minimum absolute atomic E-state index is 0.829. The summed E-state index contributed by atoms with van der Waals surface area (Å²) in [7, 11) is 0. The standard InChI is InChI=1S/C23H17N/c1-14-5-12-21(24)20(13-14)18-10-8-17-7-6-15-3-2-4-16-9-11-19(18)23(17)22(15)16/h2-13H,24H2,1H3. The van der Waals surface area contributed by atoms with E-state index in [2.05, 4.69) is 73.7 Å². The second-order valence-electron chi connectivity index (χ2n) is 6.56. The summed E-state index contributed by atoms with van der Waals surface area (Å²) >= 11 is 0. The van der Waals surface area contributed by atoms with Crippen molar-refractivity contribution in [3.05, 3.63) is 78.4 Å². The molecule has 0 aliphatic heterocycles. The molecule has 0 atom stereocenters. The average molecular weight is 307 g/mol. The van der Waals surface area contributed by atoms with E-state index in [0.29, 0.717) is 0 Å². The van der Waals surface area contributed by atoms with Gasteiger partial charge in [0.1, 0.15) is 0 Å². The van der Waals surface area contributed by atoms with E-state index in [1.807, 2.05) is 6.07 Å². The molecule has 24 heavy (non-hydrogen) atoms. The molecule has 5 rings (SSSR count). The maximum atomic E-state index is 6.29. The Morgan fingerprint density at radius 1 is 0.625 bits per heavy atom. The van der Waals surface area contributed by atoms with Gasteiger partial charge in [0.2, 0.25) is 0 Å². The molecular weight excluding hydrogens is 290 g/mol. The molecular formula is C23H17N. The molecule has 0 aliphatic carbocycles. The molecule has 0 radical (unpaired) electrons. The SMILES string of the molecule is Cc1ccc(N)c(-c2ccc3ccc4cccc5ccc2c3c45)c1. The molecule has 0 saturated carbocycles. The molecule has 0 spiro atoms. The molecule has 0 unspecified atom stereocenters. The van der Waals surface area contributed by atoms with E-state index in [-0.39, 0.29) is 0 Å². The first kappa shape index (κ1) is 13.4. The van der Waals surface area contributed by atoms with Crippen molar-refractivity contribution in [3.63, 3.8) is 0 Å². The highest BCUT2D eigenvalue weighted by Crippen LogP contribution is 2.40. The molecule has 1 nitrogen and oxygen atoms in total. The molecule has 0 saturated heterocycles. The lowest BCUT2D eigenvalue weighted by Gasteiger charge is -2.15. The van der Waals surface area contributed by atoms with Gasteiger partial charge in [-0.2, -0.15) is 0 Å². The average Bonchev–Trinajstić information content (AvgIpc) is 2.62. The van der Waals surface area contributed by atoms with Gasteiger partial charge in [-0.1, -0.05) is 66.2 Å². The molecule has 5 aromatic carbocycles. The lowest BCUT2D eigenvalue weighted by atomic mass is 9.89. The van der Waals surface area contributed by atoms with Crippen LogP contribution in [-0.4, -0.2) is 0 Å². The van der Waals surface area contributed by atoms with Crippen molar-refractivity contribution in [2.45, 2.75) is 6.92 Å². The van der Waals surface area contributed by atoms with Crippen molar-refractivity contribution in [1.29, 1.82) is 0 Å². The zero-order valence-electron chi connectivity index (χ0n) is 13.5.